The summed E-state index contributed by atoms with van der Waals surface area (Å²) in [5.41, 5.74) is -0.568. The van der Waals surface area contributed by atoms with Crippen LogP contribution in [-0.2, 0) is 9.53 Å². The largest absolute Gasteiger partial charge is 0.468 e. The number of piperidine rings is 1. The molecule has 1 saturated heterocycles. The van der Waals surface area contributed by atoms with Crippen LogP contribution in [0.4, 0.5) is 0 Å². The normalized spacial score (nSPS) is 27.1. The topological polar surface area (TPSA) is 41.6 Å². The highest BCUT2D eigenvalue weighted by molar-refractivity contribution is 5.80. The maximum Gasteiger partial charge on any atom is 0.325 e. The Morgan fingerprint density at radius 2 is 1.95 bits per heavy atom. The molecule has 0 radical (unpaired) electrons. The van der Waals surface area contributed by atoms with E-state index in [-0.39, 0.29) is 5.97 Å². The van der Waals surface area contributed by atoms with Crippen LogP contribution in [0.15, 0.2) is 0 Å². The number of esters is 1. The van der Waals surface area contributed by atoms with Crippen LogP contribution in [0.3, 0.4) is 0 Å². The van der Waals surface area contributed by atoms with E-state index in [1.54, 1.807) is 0 Å². The molecule has 0 aromatic carbocycles. The highest BCUT2D eigenvalue weighted by Gasteiger charge is 2.35. The van der Waals surface area contributed by atoms with Crippen molar-refractivity contribution in [3.8, 4) is 0 Å². The number of likely N-dealkylation sites (tertiary alicyclic amines) is 1. The summed E-state index contributed by atoms with van der Waals surface area (Å²) in [5.74, 6) is -0.150. The van der Waals surface area contributed by atoms with Crippen LogP contribution < -0.4 is 5.32 Å². The summed E-state index contributed by atoms with van der Waals surface area (Å²) in [6.45, 7) is 10.5. The molecule has 1 heterocycles. The lowest BCUT2D eigenvalue weighted by molar-refractivity contribution is -0.148. The van der Waals surface area contributed by atoms with Gasteiger partial charge in [-0.1, -0.05) is 13.3 Å². The SMILES string of the molecule is CCCNC(C)(CCN1[C@H](C)CCC[C@@H]1C)C(=O)OC. The van der Waals surface area contributed by atoms with Crippen LogP contribution in [0.25, 0.3) is 0 Å². The van der Waals surface area contributed by atoms with E-state index in [1.807, 2.05) is 6.92 Å². The molecule has 0 spiro atoms. The van der Waals surface area contributed by atoms with Crippen molar-refractivity contribution in [1.29, 1.82) is 0 Å². The second-order valence-electron chi connectivity index (χ2n) is 6.37. The molecule has 1 aliphatic rings. The van der Waals surface area contributed by atoms with Crippen molar-refractivity contribution in [3.63, 3.8) is 0 Å². The Kier molecular flexibility index (Phi) is 6.96. The first kappa shape index (κ1) is 17.4. The van der Waals surface area contributed by atoms with E-state index in [9.17, 15) is 4.79 Å². The van der Waals surface area contributed by atoms with E-state index in [1.165, 1.54) is 26.4 Å². The van der Waals surface area contributed by atoms with E-state index in [0.717, 1.165) is 25.9 Å². The first-order valence-electron chi connectivity index (χ1n) is 8.03. The van der Waals surface area contributed by atoms with Gasteiger partial charge in [-0.05, 0) is 53.0 Å². The van der Waals surface area contributed by atoms with E-state index in [0.29, 0.717) is 12.1 Å². The first-order chi connectivity index (χ1) is 9.44. The fourth-order valence-corrected chi connectivity index (χ4v) is 3.16. The Labute approximate surface area is 124 Å². The number of hydrogen-bond donors (Lipinski definition) is 1. The number of ether oxygens (including phenoxy) is 1. The molecule has 1 unspecified atom stereocenters. The predicted molar refractivity (Wildman–Crippen MR) is 82.8 cm³/mol. The molecule has 3 atom stereocenters. The summed E-state index contributed by atoms with van der Waals surface area (Å²) >= 11 is 0. The van der Waals surface area contributed by atoms with Crippen LogP contribution in [0.1, 0.15) is 59.8 Å². The smallest absolute Gasteiger partial charge is 0.325 e. The van der Waals surface area contributed by atoms with Crippen molar-refractivity contribution in [2.75, 3.05) is 20.2 Å². The summed E-state index contributed by atoms with van der Waals surface area (Å²) in [5, 5.41) is 3.36. The van der Waals surface area contributed by atoms with Crippen LogP contribution >= 0.6 is 0 Å². The Bertz CT molecular complexity index is 299. The molecule has 0 aliphatic carbocycles. The first-order valence-corrected chi connectivity index (χ1v) is 8.03. The number of nitrogens with one attached hydrogen (secondary N) is 1. The van der Waals surface area contributed by atoms with E-state index in [2.05, 4.69) is 31.0 Å². The molecule has 0 aromatic heterocycles. The zero-order chi connectivity index (χ0) is 15.2. The second kappa shape index (κ2) is 7.99. The monoisotopic (exact) mass is 284 g/mol. The minimum absolute atomic E-state index is 0.150. The highest BCUT2D eigenvalue weighted by atomic mass is 16.5. The van der Waals surface area contributed by atoms with Gasteiger partial charge in [0.1, 0.15) is 5.54 Å². The Morgan fingerprint density at radius 3 is 2.45 bits per heavy atom. The van der Waals surface area contributed by atoms with E-state index < -0.39 is 5.54 Å². The lowest BCUT2D eigenvalue weighted by Crippen LogP contribution is -2.54. The van der Waals surface area contributed by atoms with E-state index >= 15 is 0 Å². The lowest BCUT2D eigenvalue weighted by Gasteiger charge is -2.41. The van der Waals surface area contributed by atoms with Gasteiger partial charge in [0.2, 0.25) is 0 Å². The van der Waals surface area contributed by atoms with Gasteiger partial charge in [0, 0.05) is 18.6 Å². The third kappa shape index (κ3) is 4.45. The van der Waals surface area contributed by atoms with E-state index in [4.69, 9.17) is 4.74 Å². The Hall–Kier alpha value is -0.610. The zero-order valence-corrected chi connectivity index (χ0v) is 13.9. The molecule has 0 saturated carbocycles. The third-order valence-corrected chi connectivity index (χ3v) is 4.65. The third-order valence-electron chi connectivity index (χ3n) is 4.65. The molecule has 4 nitrogen and oxygen atoms in total. The van der Waals surface area contributed by atoms with Gasteiger partial charge >= 0.3 is 5.97 Å². The number of methoxy groups -OCH3 is 1. The molecular formula is C16H32N2O2. The Balaban J connectivity index is 2.62. The molecule has 1 aliphatic heterocycles. The molecule has 4 heteroatoms. The van der Waals surface area contributed by atoms with Crippen molar-refractivity contribution < 1.29 is 9.53 Å². The summed E-state index contributed by atoms with van der Waals surface area (Å²) < 4.78 is 4.99. The van der Waals surface area contributed by atoms with Gasteiger partial charge in [-0.15, -0.1) is 0 Å². The van der Waals surface area contributed by atoms with Crippen LogP contribution in [0, 0.1) is 0 Å². The average molecular weight is 284 g/mol. The van der Waals surface area contributed by atoms with Gasteiger partial charge in [0.05, 0.1) is 7.11 Å². The Morgan fingerprint density at radius 1 is 1.35 bits per heavy atom. The van der Waals surface area contributed by atoms with Gasteiger partial charge in [0.25, 0.3) is 0 Å². The van der Waals surface area contributed by atoms with Crippen molar-refractivity contribution in [1.82, 2.24) is 10.2 Å². The number of carbonyl (C=O) groups is 1. The van der Waals surface area contributed by atoms with Gasteiger partial charge in [-0.2, -0.15) is 0 Å². The second-order valence-corrected chi connectivity index (χ2v) is 6.37. The van der Waals surface area contributed by atoms with Gasteiger partial charge in [0.15, 0.2) is 0 Å². The maximum absolute atomic E-state index is 12.1. The maximum atomic E-state index is 12.1. The van der Waals surface area contributed by atoms with Gasteiger partial charge < -0.3 is 10.1 Å². The summed E-state index contributed by atoms with van der Waals surface area (Å²) in [7, 11) is 1.47. The number of hydrogen-bond acceptors (Lipinski definition) is 4. The van der Waals surface area contributed by atoms with Crippen molar-refractivity contribution >= 4 is 5.97 Å². The van der Waals surface area contributed by atoms with Crippen molar-refractivity contribution in [2.24, 2.45) is 0 Å². The highest BCUT2D eigenvalue weighted by Crippen LogP contribution is 2.24. The van der Waals surface area contributed by atoms with Crippen LogP contribution in [0.5, 0.6) is 0 Å². The number of rotatable bonds is 7. The molecule has 20 heavy (non-hydrogen) atoms. The summed E-state index contributed by atoms with van der Waals surface area (Å²) in [6, 6.07) is 1.23. The van der Waals surface area contributed by atoms with Crippen molar-refractivity contribution in [3.05, 3.63) is 0 Å². The zero-order valence-electron chi connectivity index (χ0n) is 13.9. The molecular weight excluding hydrogens is 252 g/mol. The fraction of sp³-hybridized carbons (Fsp3) is 0.938. The van der Waals surface area contributed by atoms with Crippen molar-refractivity contribution in [2.45, 2.75) is 77.4 Å². The molecule has 0 amide bonds. The van der Waals surface area contributed by atoms with Gasteiger partial charge in [-0.25, -0.2) is 0 Å². The minimum Gasteiger partial charge on any atom is -0.468 e. The molecule has 0 aromatic rings. The quantitative estimate of drug-likeness (QED) is 0.730. The van der Waals surface area contributed by atoms with Gasteiger partial charge in [-0.3, -0.25) is 9.69 Å². The van der Waals surface area contributed by atoms with Crippen LogP contribution in [-0.4, -0.2) is 48.7 Å². The number of carbonyl (C=O) groups excluding carboxylic acids is 1. The fourth-order valence-electron chi connectivity index (χ4n) is 3.16. The van der Waals surface area contributed by atoms with Crippen LogP contribution in [0.2, 0.25) is 0 Å². The standard InChI is InChI=1S/C16H32N2O2/c1-6-11-17-16(4,15(19)20-5)10-12-18-13(2)8-7-9-14(18)3/h13-14,17H,6-12H2,1-5H3/t13-,14+,16?. The molecule has 1 rings (SSSR count). The molecule has 118 valence electrons. The average Bonchev–Trinajstić information content (AvgIpc) is 2.43. The molecule has 1 N–H and O–H groups in total. The lowest BCUT2D eigenvalue weighted by atomic mass is 9.93. The predicted octanol–water partition coefficient (Wildman–Crippen LogP) is 2.57. The minimum atomic E-state index is -0.568. The molecule has 0 bridgehead atoms. The molecule has 1 fully saturated rings. The number of nitrogens with zero attached hydrogens (tertiary/aromatic N) is 1. The summed E-state index contributed by atoms with van der Waals surface area (Å²) in [4.78, 5) is 14.6. The summed E-state index contributed by atoms with van der Waals surface area (Å²) in [6.07, 6.45) is 5.67.